The summed E-state index contributed by atoms with van der Waals surface area (Å²) in [6.07, 6.45) is 1.56. The molecule has 0 atom stereocenters. The first-order valence-corrected chi connectivity index (χ1v) is 11.7. The molecule has 1 aromatic heterocycles. The zero-order valence-corrected chi connectivity index (χ0v) is 20.3. The number of benzene rings is 2. The SMILES string of the molecule is COc1ccc(CNC(=O)CN(C(=O)CCC(=O)Nc2nccs2)c2cc(C)ccc2C)cc1. The van der Waals surface area contributed by atoms with Gasteiger partial charge in [-0.1, -0.05) is 24.3 Å². The molecule has 0 spiro atoms. The Morgan fingerprint density at radius 2 is 1.79 bits per heavy atom. The first-order valence-electron chi connectivity index (χ1n) is 10.8. The molecule has 0 unspecified atom stereocenters. The monoisotopic (exact) mass is 480 g/mol. The number of ether oxygens (including phenoxy) is 1. The van der Waals surface area contributed by atoms with Crippen molar-refractivity contribution < 1.29 is 19.1 Å². The van der Waals surface area contributed by atoms with E-state index in [1.807, 2.05) is 56.3 Å². The second-order valence-electron chi connectivity index (χ2n) is 7.78. The number of anilines is 2. The first-order chi connectivity index (χ1) is 16.4. The summed E-state index contributed by atoms with van der Waals surface area (Å²) in [5, 5.41) is 7.78. The molecule has 3 aromatic rings. The number of carbonyl (C=O) groups is 3. The highest BCUT2D eigenvalue weighted by Crippen LogP contribution is 2.23. The minimum Gasteiger partial charge on any atom is -0.497 e. The summed E-state index contributed by atoms with van der Waals surface area (Å²) >= 11 is 1.31. The summed E-state index contributed by atoms with van der Waals surface area (Å²) in [4.78, 5) is 43.6. The summed E-state index contributed by atoms with van der Waals surface area (Å²) < 4.78 is 5.15. The summed E-state index contributed by atoms with van der Waals surface area (Å²) in [5.41, 5.74) is 3.41. The van der Waals surface area contributed by atoms with Gasteiger partial charge in [-0.2, -0.15) is 0 Å². The van der Waals surface area contributed by atoms with Crippen molar-refractivity contribution in [1.82, 2.24) is 10.3 Å². The number of nitrogens with zero attached hydrogens (tertiary/aromatic N) is 2. The van der Waals surface area contributed by atoms with Gasteiger partial charge in [-0.25, -0.2) is 4.98 Å². The van der Waals surface area contributed by atoms with Crippen molar-refractivity contribution in [3.8, 4) is 5.75 Å². The Hall–Kier alpha value is -3.72. The molecule has 0 fully saturated rings. The van der Waals surface area contributed by atoms with E-state index >= 15 is 0 Å². The maximum absolute atomic E-state index is 13.1. The summed E-state index contributed by atoms with van der Waals surface area (Å²) in [7, 11) is 1.60. The normalized spacial score (nSPS) is 10.4. The van der Waals surface area contributed by atoms with Gasteiger partial charge in [0.05, 0.1) is 7.11 Å². The fraction of sp³-hybridized carbons (Fsp3) is 0.280. The fourth-order valence-corrected chi connectivity index (χ4v) is 3.83. The molecule has 2 aromatic carbocycles. The number of methoxy groups -OCH3 is 1. The van der Waals surface area contributed by atoms with Crippen molar-refractivity contribution >= 4 is 39.9 Å². The molecule has 0 radical (unpaired) electrons. The third-order valence-electron chi connectivity index (χ3n) is 5.15. The predicted molar refractivity (Wildman–Crippen MR) is 133 cm³/mol. The van der Waals surface area contributed by atoms with E-state index in [4.69, 9.17) is 4.74 Å². The van der Waals surface area contributed by atoms with Gasteiger partial charge in [-0.3, -0.25) is 14.4 Å². The van der Waals surface area contributed by atoms with E-state index in [2.05, 4.69) is 15.6 Å². The molecule has 0 bridgehead atoms. The lowest BCUT2D eigenvalue weighted by atomic mass is 10.1. The minimum atomic E-state index is -0.303. The Bertz CT molecular complexity index is 1130. The van der Waals surface area contributed by atoms with Crippen LogP contribution >= 0.6 is 11.3 Å². The van der Waals surface area contributed by atoms with E-state index < -0.39 is 0 Å². The lowest BCUT2D eigenvalue weighted by Crippen LogP contribution is -2.41. The molecule has 8 nitrogen and oxygen atoms in total. The van der Waals surface area contributed by atoms with Crippen LogP contribution in [-0.2, 0) is 20.9 Å². The molecule has 0 aliphatic rings. The highest BCUT2D eigenvalue weighted by atomic mass is 32.1. The summed E-state index contributed by atoms with van der Waals surface area (Å²) in [6.45, 7) is 4.00. The third-order valence-corrected chi connectivity index (χ3v) is 5.84. The Morgan fingerprint density at radius 3 is 2.47 bits per heavy atom. The van der Waals surface area contributed by atoms with Gasteiger partial charge in [0.15, 0.2) is 5.13 Å². The van der Waals surface area contributed by atoms with Crippen molar-refractivity contribution in [2.24, 2.45) is 0 Å². The molecular formula is C25H28N4O4S. The highest BCUT2D eigenvalue weighted by molar-refractivity contribution is 7.13. The molecule has 178 valence electrons. The van der Waals surface area contributed by atoms with Crippen LogP contribution in [-0.4, -0.2) is 36.4 Å². The van der Waals surface area contributed by atoms with E-state index in [0.717, 1.165) is 22.4 Å². The van der Waals surface area contributed by atoms with E-state index in [0.29, 0.717) is 17.4 Å². The van der Waals surface area contributed by atoms with Crippen molar-refractivity contribution in [1.29, 1.82) is 0 Å². The van der Waals surface area contributed by atoms with Gasteiger partial charge < -0.3 is 20.3 Å². The van der Waals surface area contributed by atoms with Crippen molar-refractivity contribution in [2.45, 2.75) is 33.2 Å². The first kappa shape index (κ1) is 24.9. The van der Waals surface area contributed by atoms with Gasteiger partial charge in [0, 0.05) is 36.7 Å². The van der Waals surface area contributed by atoms with Gasteiger partial charge in [0.2, 0.25) is 17.7 Å². The van der Waals surface area contributed by atoms with E-state index in [9.17, 15) is 14.4 Å². The molecule has 0 saturated heterocycles. The third kappa shape index (κ3) is 7.14. The number of aromatic nitrogens is 1. The van der Waals surface area contributed by atoms with Crippen LogP contribution in [0.15, 0.2) is 54.0 Å². The molecule has 3 rings (SSSR count). The van der Waals surface area contributed by atoms with Gasteiger partial charge in [-0.05, 0) is 48.7 Å². The highest BCUT2D eigenvalue weighted by Gasteiger charge is 2.22. The van der Waals surface area contributed by atoms with Crippen molar-refractivity contribution in [3.63, 3.8) is 0 Å². The quantitative estimate of drug-likeness (QED) is 0.459. The maximum Gasteiger partial charge on any atom is 0.240 e. The summed E-state index contributed by atoms with van der Waals surface area (Å²) in [6, 6.07) is 13.1. The average molecular weight is 481 g/mol. The van der Waals surface area contributed by atoms with Crippen LogP contribution < -0.4 is 20.3 Å². The number of carbonyl (C=O) groups excluding carboxylic acids is 3. The molecule has 1 heterocycles. The molecule has 0 aliphatic heterocycles. The predicted octanol–water partition coefficient (Wildman–Crippen LogP) is 3.84. The van der Waals surface area contributed by atoms with Gasteiger partial charge >= 0.3 is 0 Å². The standard InChI is InChI=1S/C25H28N4O4S/c1-17-4-5-18(2)21(14-17)29(24(32)11-10-22(30)28-25-26-12-13-34-25)16-23(31)27-15-19-6-8-20(33-3)9-7-19/h4-9,12-14H,10-11,15-16H2,1-3H3,(H,27,31)(H,26,28,30). The van der Waals surface area contributed by atoms with E-state index in [1.54, 1.807) is 18.7 Å². The Morgan fingerprint density at radius 1 is 1.03 bits per heavy atom. The number of rotatable bonds is 10. The number of amides is 3. The number of thiazole rings is 1. The number of aryl methyl sites for hydroxylation is 2. The molecule has 3 amide bonds. The van der Waals surface area contributed by atoms with E-state index in [-0.39, 0.29) is 37.1 Å². The molecule has 0 aliphatic carbocycles. The molecule has 2 N–H and O–H groups in total. The van der Waals surface area contributed by atoms with Crippen LogP contribution in [0.25, 0.3) is 0 Å². The van der Waals surface area contributed by atoms with Crippen LogP contribution in [0.3, 0.4) is 0 Å². The molecule has 9 heteroatoms. The van der Waals surface area contributed by atoms with Crippen LogP contribution in [0.4, 0.5) is 10.8 Å². The van der Waals surface area contributed by atoms with Crippen LogP contribution in [0, 0.1) is 13.8 Å². The Balaban J connectivity index is 1.66. The number of hydrogen-bond acceptors (Lipinski definition) is 6. The van der Waals surface area contributed by atoms with Crippen LogP contribution in [0.1, 0.15) is 29.5 Å². The lowest BCUT2D eigenvalue weighted by Gasteiger charge is -2.24. The molecule has 34 heavy (non-hydrogen) atoms. The smallest absolute Gasteiger partial charge is 0.240 e. The summed E-state index contributed by atoms with van der Waals surface area (Å²) in [5.74, 6) is -0.159. The number of hydrogen-bond donors (Lipinski definition) is 2. The Kier molecular flexibility index (Phi) is 8.75. The second kappa shape index (κ2) is 11.9. The largest absolute Gasteiger partial charge is 0.497 e. The minimum absolute atomic E-state index is 0.00670. The zero-order chi connectivity index (χ0) is 24.5. The van der Waals surface area contributed by atoms with E-state index in [1.165, 1.54) is 16.2 Å². The van der Waals surface area contributed by atoms with Crippen LogP contribution in [0.2, 0.25) is 0 Å². The maximum atomic E-state index is 13.1. The van der Waals surface area contributed by atoms with Gasteiger partial charge in [-0.15, -0.1) is 11.3 Å². The average Bonchev–Trinajstić information content (AvgIpc) is 3.34. The molecular weight excluding hydrogens is 452 g/mol. The number of nitrogens with one attached hydrogen (secondary N) is 2. The van der Waals surface area contributed by atoms with Crippen molar-refractivity contribution in [3.05, 3.63) is 70.7 Å². The topological polar surface area (TPSA) is 101 Å². The van der Waals surface area contributed by atoms with Gasteiger partial charge in [0.25, 0.3) is 0 Å². The fourth-order valence-electron chi connectivity index (χ4n) is 3.28. The van der Waals surface area contributed by atoms with Gasteiger partial charge in [0.1, 0.15) is 12.3 Å². The van der Waals surface area contributed by atoms with Crippen molar-refractivity contribution in [2.75, 3.05) is 23.9 Å². The Labute approximate surface area is 203 Å². The second-order valence-corrected chi connectivity index (χ2v) is 8.67. The zero-order valence-electron chi connectivity index (χ0n) is 19.5. The lowest BCUT2D eigenvalue weighted by molar-refractivity contribution is -0.125. The van der Waals surface area contributed by atoms with Crippen LogP contribution in [0.5, 0.6) is 5.75 Å². The molecule has 0 saturated carbocycles.